The van der Waals surface area contributed by atoms with Crippen LogP contribution in [0.25, 0.3) is 0 Å². The Morgan fingerprint density at radius 3 is 2.89 bits per heavy atom. The van der Waals surface area contributed by atoms with E-state index in [0.717, 1.165) is 12.2 Å². The Bertz CT molecular complexity index is 471. The van der Waals surface area contributed by atoms with Crippen LogP contribution in [0.3, 0.4) is 0 Å². The van der Waals surface area contributed by atoms with Crippen LogP contribution in [0.4, 0.5) is 11.4 Å². The normalized spacial score (nSPS) is 11.6. The molecule has 0 fully saturated rings. The molecule has 5 nitrogen and oxygen atoms in total. The molecule has 1 aromatic rings. The van der Waals surface area contributed by atoms with Gasteiger partial charge in [-0.25, -0.2) is 0 Å². The fraction of sp³-hybridized carbons (Fsp3) is 0.417. The van der Waals surface area contributed by atoms with Crippen LogP contribution in [0.2, 0.25) is 0 Å². The van der Waals surface area contributed by atoms with Crippen LogP contribution in [-0.4, -0.2) is 23.0 Å². The van der Waals surface area contributed by atoms with Crippen molar-refractivity contribution < 1.29 is 4.92 Å². The summed E-state index contributed by atoms with van der Waals surface area (Å²) in [4.78, 5) is 10.5. The third-order valence-electron chi connectivity index (χ3n) is 2.48. The van der Waals surface area contributed by atoms with Gasteiger partial charge in [-0.15, -0.1) is 0 Å². The smallest absolute Gasteiger partial charge is 0.292 e. The highest BCUT2D eigenvalue weighted by atomic mass is 32.2. The van der Waals surface area contributed by atoms with Crippen LogP contribution in [0, 0.1) is 21.4 Å². The maximum Gasteiger partial charge on any atom is 0.292 e. The summed E-state index contributed by atoms with van der Waals surface area (Å²) < 4.78 is 0. The molecule has 0 spiro atoms. The van der Waals surface area contributed by atoms with Crippen LogP contribution in [0.15, 0.2) is 18.2 Å². The van der Waals surface area contributed by atoms with Gasteiger partial charge in [-0.3, -0.25) is 10.1 Å². The van der Waals surface area contributed by atoms with Crippen molar-refractivity contribution in [2.45, 2.75) is 19.4 Å². The fourth-order valence-corrected chi connectivity index (χ4v) is 2.10. The summed E-state index contributed by atoms with van der Waals surface area (Å²) in [7, 11) is 0. The molecule has 0 amide bonds. The average Bonchev–Trinajstić information content (AvgIpc) is 2.35. The Labute approximate surface area is 110 Å². The highest BCUT2D eigenvalue weighted by molar-refractivity contribution is 7.98. The minimum Gasteiger partial charge on any atom is -0.377 e. The largest absolute Gasteiger partial charge is 0.377 e. The number of nitro benzene ring substituents is 1. The fourth-order valence-electron chi connectivity index (χ4n) is 1.51. The van der Waals surface area contributed by atoms with Crippen LogP contribution in [0.1, 0.15) is 18.9 Å². The average molecular weight is 265 g/mol. The van der Waals surface area contributed by atoms with Gasteiger partial charge in [0.25, 0.3) is 5.69 Å². The minimum absolute atomic E-state index is 0.00463. The van der Waals surface area contributed by atoms with Gasteiger partial charge in [-0.1, -0.05) is 0 Å². The molecule has 18 heavy (non-hydrogen) atoms. The molecule has 96 valence electrons. The molecule has 1 atom stereocenters. The number of anilines is 1. The lowest BCUT2D eigenvalue weighted by atomic mass is 10.1. The van der Waals surface area contributed by atoms with E-state index in [2.05, 4.69) is 5.32 Å². The summed E-state index contributed by atoms with van der Waals surface area (Å²) >= 11 is 1.73. The molecule has 0 aromatic heterocycles. The van der Waals surface area contributed by atoms with Crippen LogP contribution >= 0.6 is 11.8 Å². The van der Waals surface area contributed by atoms with Gasteiger partial charge in [0.15, 0.2) is 0 Å². The molecule has 0 radical (unpaired) electrons. The number of thioether (sulfide) groups is 1. The van der Waals surface area contributed by atoms with E-state index in [9.17, 15) is 10.1 Å². The standard InChI is InChI=1S/C12H15N3O2S/c1-9(5-6-18-2)14-11-7-10(8-13)3-4-12(11)15(16)17/h3-4,7,9,14H,5-6H2,1-2H3. The monoisotopic (exact) mass is 265 g/mol. The van der Waals surface area contributed by atoms with Crippen molar-refractivity contribution >= 4 is 23.1 Å². The number of nitrogens with zero attached hydrogens (tertiary/aromatic N) is 2. The highest BCUT2D eigenvalue weighted by Crippen LogP contribution is 2.26. The van der Waals surface area contributed by atoms with E-state index in [1.807, 2.05) is 19.2 Å². The topological polar surface area (TPSA) is 79.0 Å². The lowest BCUT2D eigenvalue weighted by Crippen LogP contribution is -2.16. The summed E-state index contributed by atoms with van der Waals surface area (Å²) in [5, 5.41) is 22.8. The Hall–Kier alpha value is -1.74. The lowest BCUT2D eigenvalue weighted by molar-refractivity contribution is -0.384. The first-order valence-electron chi connectivity index (χ1n) is 5.52. The summed E-state index contributed by atoms with van der Waals surface area (Å²) in [6, 6.07) is 6.45. The van der Waals surface area contributed by atoms with E-state index in [4.69, 9.17) is 5.26 Å². The second-order valence-electron chi connectivity index (χ2n) is 3.93. The Morgan fingerprint density at radius 1 is 1.61 bits per heavy atom. The molecular weight excluding hydrogens is 250 g/mol. The Kier molecular flexibility index (Phi) is 5.46. The maximum absolute atomic E-state index is 10.9. The van der Waals surface area contributed by atoms with Gasteiger partial charge in [0.1, 0.15) is 5.69 Å². The first kappa shape index (κ1) is 14.3. The van der Waals surface area contributed by atoms with E-state index < -0.39 is 4.92 Å². The van der Waals surface area contributed by atoms with Crippen molar-refractivity contribution in [3.8, 4) is 6.07 Å². The molecular formula is C12H15N3O2S. The number of rotatable bonds is 6. The second-order valence-corrected chi connectivity index (χ2v) is 4.91. The predicted octanol–water partition coefficient (Wildman–Crippen LogP) is 3.02. The van der Waals surface area contributed by atoms with Crippen molar-refractivity contribution in [1.82, 2.24) is 0 Å². The number of nitro groups is 1. The summed E-state index contributed by atoms with van der Waals surface area (Å²) in [5.74, 6) is 0.986. The molecule has 1 aromatic carbocycles. The molecule has 1 N–H and O–H groups in total. The summed E-state index contributed by atoms with van der Waals surface area (Å²) in [6.45, 7) is 1.97. The van der Waals surface area contributed by atoms with Gasteiger partial charge in [0.2, 0.25) is 0 Å². The van der Waals surface area contributed by atoms with Crippen molar-refractivity contribution in [1.29, 1.82) is 5.26 Å². The van der Waals surface area contributed by atoms with Crippen LogP contribution < -0.4 is 5.32 Å². The third kappa shape index (κ3) is 3.93. The van der Waals surface area contributed by atoms with Crippen molar-refractivity contribution in [2.75, 3.05) is 17.3 Å². The van der Waals surface area contributed by atoms with Gasteiger partial charge in [-0.2, -0.15) is 17.0 Å². The lowest BCUT2D eigenvalue weighted by Gasteiger charge is -2.14. The number of hydrogen-bond acceptors (Lipinski definition) is 5. The van der Waals surface area contributed by atoms with E-state index >= 15 is 0 Å². The Morgan fingerprint density at radius 2 is 2.33 bits per heavy atom. The zero-order valence-corrected chi connectivity index (χ0v) is 11.2. The summed E-state index contributed by atoms with van der Waals surface area (Å²) in [6.07, 6.45) is 2.93. The van der Waals surface area contributed by atoms with E-state index in [0.29, 0.717) is 11.3 Å². The second kappa shape index (κ2) is 6.87. The van der Waals surface area contributed by atoms with Gasteiger partial charge in [0.05, 0.1) is 16.6 Å². The molecule has 6 heteroatoms. The number of benzene rings is 1. The zero-order chi connectivity index (χ0) is 13.5. The maximum atomic E-state index is 10.9. The summed E-state index contributed by atoms with van der Waals surface area (Å²) in [5.41, 5.74) is 0.831. The predicted molar refractivity (Wildman–Crippen MR) is 73.9 cm³/mol. The zero-order valence-electron chi connectivity index (χ0n) is 10.3. The first-order chi connectivity index (χ1) is 8.58. The molecule has 0 saturated carbocycles. The van der Waals surface area contributed by atoms with Gasteiger partial charge >= 0.3 is 0 Å². The molecule has 1 rings (SSSR count). The van der Waals surface area contributed by atoms with Gasteiger partial charge in [-0.05, 0) is 37.5 Å². The van der Waals surface area contributed by atoms with Gasteiger partial charge in [0, 0.05) is 12.1 Å². The number of nitrogens with one attached hydrogen (secondary N) is 1. The quantitative estimate of drug-likeness (QED) is 0.631. The molecule has 0 saturated heterocycles. The van der Waals surface area contributed by atoms with Crippen molar-refractivity contribution in [2.24, 2.45) is 0 Å². The van der Waals surface area contributed by atoms with Crippen molar-refractivity contribution in [3.63, 3.8) is 0 Å². The molecule has 0 aliphatic rings. The van der Waals surface area contributed by atoms with Gasteiger partial charge < -0.3 is 5.32 Å². The third-order valence-corrected chi connectivity index (χ3v) is 3.12. The minimum atomic E-state index is -0.440. The van der Waals surface area contributed by atoms with E-state index in [1.54, 1.807) is 11.8 Å². The first-order valence-corrected chi connectivity index (χ1v) is 6.92. The Balaban J connectivity index is 2.91. The molecule has 0 aliphatic heterocycles. The number of nitriles is 1. The number of hydrogen-bond donors (Lipinski definition) is 1. The van der Waals surface area contributed by atoms with Crippen molar-refractivity contribution in [3.05, 3.63) is 33.9 Å². The molecule has 0 aliphatic carbocycles. The molecule has 0 bridgehead atoms. The van der Waals surface area contributed by atoms with E-state index in [1.165, 1.54) is 18.2 Å². The molecule has 1 unspecified atom stereocenters. The SMILES string of the molecule is CSCCC(C)Nc1cc(C#N)ccc1[N+](=O)[O-]. The van der Waals surface area contributed by atoms with E-state index in [-0.39, 0.29) is 11.7 Å². The van der Waals surface area contributed by atoms with Crippen LogP contribution in [-0.2, 0) is 0 Å². The highest BCUT2D eigenvalue weighted by Gasteiger charge is 2.15. The molecule has 0 heterocycles. The van der Waals surface area contributed by atoms with Crippen LogP contribution in [0.5, 0.6) is 0 Å².